The fraction of sp³-hybridized carbons (Fsp3) is 0.846. The van der Waals surface area contributed by atoms with Crippen molar-refractivity contribution in [2.24, 2.45) is 5.73 Å². The maximum Gasteiger partial charge on any atom is 0.232 e. The Labute approximate surface area is 119 Å². The van der Waals surface area contributed by atoms with Gasteiger partial charge in [0.2, 0.25) is 11.8 Å². The van der Waals surface area contributed by atoms with Crippen LogP contribution in [0.15, 0.2) is 0 Å². The van der Waals surface area contributed by atoms with Crippen LogP contribution in [0.4, 0.5) is 0 Å². The van der Waals surface area contributed by atoms with E-state index in [0.29, 0.717) is 11.8 Å². The van der Waals surface area contributed by atoms with Crippen molar-refractivity contribution in [3.05, 3.63) is 0 Å². The van der Waals surface area contributed by atoms with Gasteiger partial charge in [-0.15, -0.1) is 11.8 Å². The van der Waals surface area contributed by atoms with Gasteiger partial charge in [0.05, 0.1) is 11.5 Å². The minimum atomic E-state index is -0.374. The summed E-state index contributed by atoms with van der Waals surface area (Å²) in [5.74, 6) is 0.223. The minimum absolute atomic E-state index is 0.0612. The van der Waals surface area contributed by atoms with Gasteiger partial charge in [-0.25, -0.2) is 0 Å². The number of primary amides is 1. The molecule has 19 heavy (non-hydrogen) atoms. The number of hydrogen-bond acceptors (Lipinski definition) is 4. The molecule has 0 unspecified atom stereocenters. The number of hydrogen-bond donors (Lipinski definition) is 1. The molecular weight excluding hydrogens is 262 g/mol. The quantitative estimate of drug-likeness (QED) is 0.707. The maximum absolute atomic E-state index is 11.8. The summed E-state index contributed by atoms with van der Waals surface area (Å²) in [6, 6.07) is 0.688. The highest BCUT2D eigenvalue weighted by atomic mass is 32.2. The normalized spacial score (nSPS) is 15.9. The highest BCUT2D eigenvalue weighted by Crippen LogP contribution is 2.21. The summed E-state index contributed by atoms with van der Waals surface area (Å²) in [5.41, 5.74) is 5.03. The van der Waals surface area contributed by atoms with Crippen molar-refractivity contribution in [1.82, 2.24) is 9.80 Å². The van der Waals surface area contributed by atoms with Crippen LogP contribution in [0.2, 0.25) is 0 Å². The molecule has 0 aromatic heterocycles. The van der Waals surface area contributed by atoms with E-state index in [4.69, 9.17) is 5.73 Å². The standard InChI is InChI=1S/C13H25N3O2S/c1-15(11-5-3-4-6-11)7-8-16(2)13(18)10-19-9-12(14)17/h11H,3-10H2,1-2H3,(H2,14,17). The molecule has 6 heteroatoms. The summed E-state index contributed by atoms with van der Waals surface area (Å²) in [4.78, 5) is 26.5. The van der Waals surface area contributed by atoms with Crippen LogP contribution in [0, 0.1) is 0 Å². The zero-order valence-corrected chi connectivity index (χ0v) is 12.7. The number of nitrogens with two attached hydrogens (primary N) is 1. The van der Waals surface area contributed by atoms with E-state index >= 15 is 0 Å². The van der Waals surface area contributed by atoms with Crippen molar-refractivity contribution >= 4 is 23.6 Å². The van der Waals surface area contributed by atoms with Crippen molar-refractivity contribution in [2.75, 3.05) is 38.7 Å². The summed E-state index contributed by atoms with van der Waals surface area (Å²) in [7, 11) is 3.95. The number of rotatable bonds is 8. The van der Waals surface area contributed by atoms with E-state index in [1.807, 2.05) is 7.05 Å². The Bertz CT molecular complexity index is 306. The van der Waals surface area contributed by atoms with Gasteiger partial charge in [-0.2, -0.15) is 0 Å². The second-order valence-electron chi connectivity index (χ2n) is 5.19. The van der Waals surface area contributed by atoms with Crippen LogP contribution < -0.4 is 5.73 Å². The second-order valence-corrected chi connectivity index (χ2v) is 6.18. The molecule has 1 aliphatic carbocycles. The zero-order valence-electron chi connectivity index (χ0n) is 11.9. The lowest BCUT2D eigenvalue weighted by Crippen LogP contribution is -2.39. The van der Waals surface area contributed by atoms with Crippen LogP contribution in [0.3, 0.4) is 0 Å². The first-order valence-electron chi connectivity index (χ1n) is 6.81. The molecule has 0 spiro atoms. The van der Waals surface area contributed by atoms with E-state index in [1.54, 1.807) is 4.90 Å². The molecule has 0 heterocycles. The molecule has 0 bridgehead atoms. The topological polar surface area (TPSA) is 66.6 Å². The number of amides is 2. The van der Waals surface area contributed by atoms with E-state index < -0.39 is 0 Å². The highest BCUT2D eigenvalue weighted by Gasteiger charge is 2.20. The van der Waals surface area contributed by atoms with Gasteiger partial charge in [0.15, 0.2) is 0 Å². The van der Waals surface area contributed by atoms with E-state index in [2.05, 4.69) is 11.9 Å². The largest absolute Gasteiger partial charge is 0.369 e. The molecule has 1 fully saturated rings. The molecule has 110 valence electrons. The number of carbonyl (C=O) groups is 2. The van der Waals surface area contributed by atoms with Crippen molar-refractivity contribution in [3.63, 3.8) is 0 Å². The number of nitrogens with zero attached hydrogens (tertiary/aromatic N) is 2. The van der Waals surface area contributed by atoms with Gasteiger partial charge < -0.3 is 15.5 Å². The Kier molecular flexibility index (Phi) is 7.23. The molecule has 0 radical (unpaired) electrons. The van der Waals surface area contributed by atoms with E-state index in [0.717, 1.165) is 13.1 Å². The first kappa shape index (κ1) is 16.3. The predicted molar refractivity (Wildman–Crippen MR) is 79.0 cm³/mol. The van der Waals surface area contributed by atoms with Crippen molar-refractivity contribution in [3.8, 4) is 0 Å². The van der Waals surface area contributed by atoms with Crippen LogP contribution in [-0.2, 0) is 9.59 Å². The Morgan fingerprint density at radius 2 is 1.79 bits per heavy atom. The third kappa shape index (κ3) is 6.29. The van der Waals surface area contributed by atoms with E-state index in [1.165, 1.54) is 37.4 Å². The predicted octanol–water partition coefficient (Wildman–Crippen LogP) is 0.538. The molecule has 1 saturated carbocycles. The Hall–Kier alpha value is -0.750. The molecule has 1 aliphatic rings. The monoisotopic (exact) mass is 287 g/mol. The van der Waals surface area contributed by atoms with Gasteiger partial charge in [-0.05, 0) is 19.9 Å². The summed E-state index contributed by atoms with van der Waals surface area (Å²) in [6.45, 7) is 1.65. The van der Waals surface area contributed by atoms with Crippen molar-refractivity contribution in [2.45, 2.75) is 31.7 Å². The molecule has 0 saturated heterocycles. The minimum Gasteiger partial charge on any atom is -0.369 e. The van der Waals surface area contributed by atoms with E-state index in [9.17, 15) is 9.59 Å². The first-order valence-corrected chi connectivity index (χ1v) is 7.96. The SMILES string of the molecule is CN(CCN(C)C1CCCC1)C(=O)CSCC(N)=O. The second kappa shape index (κ2) is 8.43. The van der Waals surface area contributed by atoms with Crippen LogP contribution in [0.25, 0.3) is 0 Å². The van der Waals surface area contributed by atoms with Crippen molar-refractivity contribution < 1.29 is 9.59 Å². The number of thioether (sulfide) groups is 1. The highest BCUT2D eigenvalue weighted by molar-refractivity contribution is 8.00. The lowest BCUT2D eigenvalue weighted by molar-refractivity contribution is -0.127. The fourth-order valence-electron chi connectivity index (χ4n) is 2.31. The smallest absolute Gasteiger partial charge is 0.232 e. The van der Waals surface area contributed by atoms with Gasteiger partial charge in [0, 0.05) is 26.2 Å². The molecule has 2 N–H and O–H groups in total. The summed E-state index contributed by atoms with van der Waals surface area (Å²) in [5, 5.41) is 0. The Balaban J connectivity index is 2.16. The molecule has 2 amide bonds. The number of likely N-dealkylation sites (N-methyl/N-ethyl adjacent to an activating group) is 2. The molecule has 5 nitrogen and oxygen atoms in total. The lowest BCUT2D eigenvalue weighted by atomic mass is 10.2. The molecule has 0 aliphatic heterocycles. The van der Waals surface area contributed by atoms with Gasteiger partial charge in [0.1, 0.15) is 0 Å². The lowest BCUT2D eigenvalue weighted by Gasteiger charge is -2.26. The molecular formula is C13H25N3O2S. The van der Waals surface area contributed by atoms with Gasteiger partial charge in [-0.1, -0.05) is 12.8 Å². The molecule has 0 atom stereocenters. The molecule has 1 rings (SSSR count). The summed E-state index contributed by atoms with van der Waals surface area (Å²) >= 11 is 1.28. The van der Waals surface area contributed by atoms with Gasteiger partial charge in [-0.3, -0.25) is 9.59 Å². The zero-order chi connectivity index (χ0) is 14.3. The van der Waals surface area contributed by atoms with Crippen LogP contribution >= 0.6 is 11.8 Å². The summed E-state index contributed by atoms with van der Waals surface area (Å²) in [6.07, 6.45) is 5.21. The van der Waals surface area contributed by atoms with Gasteiger partial charge in [0.25, 0.3) is 0 Å². The molecule has 0 aromatic rings. The van der Waals surface area contributed by atoms with Gasteiger partial charge >= 0.3 is 0 Å². The average Bonchev–Trinajstić information content (AvgIpc) is 2.88. The third-order valence-corrected chi connectivity index (χ3v) is 4.57. The maximum atomic E-state index is 11.8. The van der Waals surface area contributed by atoms with Crippen LogP contribution in [-0.4, -0.2) is 66.3 Å². The first-order chi connectivity index (χ1) is 9.00. The average molecular weight is 287 g/mol. The summed E-state index contributed by atoms with van der Waals surface area (Å²) < 4.78 is 0. The Morgan fingerprint density at radius 1 is 1.16 bits per heavy atom. The van der Waals surface area contributed by atoms with Crippen molar-refractivity contribution in [1.29, 1.82) is 0 Å². The molecule has 0 aromatic carbocycles. The van der Waals surface area contributed by atoms with E-state index in [-0.39, 0.29) is 17.6 Å². The fourth-order valence-corrected chi connectivity index (χ4v) is 3.01. The third-order valence-electron chi connectivity index (χ3n) is 3.63. The van der Waals surface area contributed by atoms with Crippen LogP contribution in [0.1, 0.15) is 25.7 Å². The van der Waals surface area contributed by atoms with Crippen LogP contribution in [0.5, 0.6) is 0 Å². The Morgan fingerprint density at radius 3 is 2.37 bits per heavy atom. The number of carbonyl (C=O) groups excluding carboxylic acids is 2.